The second kappa shape index (κ2) is 3.58. The SMILES string of the molecule is C=CCn1ccc2ccc(OC)cc21. The van der Waals surface area contributed by atoms with Gasteiger partial charge in [0.2, 0.25) is 0 Å². The van der Waals surface area contributed by atoms with Gasteiger partial charge in [-0.15, -0.1) is 6.58 Å². The maximum absolute atomic E-state index is 5.19. The first-order valence-corrected chi connectivity index (χ1v) is 4.59. The van der Waals surface area contributed by atoms with Gasteiger partial charge in [-0.2, -0.15) is 0 Å². The molecule has 0 N–H and O–H groups in total. The highest BCUT2D eigenvalue weighted by molar-refractivity contribution is 5.81. The van der Waals surface area contributed by atoms with E-state index in [1.807, 2.05) is 18.2 Å². The minimum absolute atomic E-state index is 0.830. The summed E-state index contributed by atoms with van der Waals surface area (Å²) in [5.74, 6) is 0.890. The molecule has 2 rings (SSSR count). The lowest BCUT2D eigenvalue weighted by Crippen LogP contribution is -1.92. The number of aromatic nitrogens is 1. The lowest BCUT2D eigenvalue weighted by Gasteiger charge is -2.03. The lowest BCUT2D eigenvalue weighted by molar-refractivity contribution is 0.415. The zero-order valence-corrected chi connectivity index (χ0v) is 8.23. The maximum Gasteiger partial charge on any atom is 0.120 e. The average Bonchev–Trinajstić information content (AvgIpc) is 2.61. The van der Waals surface area contributed by atoms with Crippen molar-refractivity contribution >= 4 is 10.9 Å². The highest BCUT2D eigenvalue weighted by Gasteiger charge is 2.00. The van der Waals surface area contributed by atoms with Crippen LogP contribution in [0.4, 0.5) is 0 Å². The standard InChI is InChI=1S/C12H13NO/c1-3-7-13-8-6-10-4-5-11(14-2)9-12(10)13/h3-6,8-9H,1,7H2,2H3. The molecule has 1 heterocycles. The molecule has 0 bridgehead atoms. The van der Waals surface area contributed by atoms with E-state index in [4.69, 9.17) is 4.74 Å². The van der Waals surface area contributed by atoms with Crippen LogP contribution >= 0.6 is 0 Å². The summed E-state index contributed by atoms with van der Waals surface area (Å²) < 4.78 is 7.33. The van der Waals surface area contributed by atoms with Crippen molar-refractivity contribution in [3.05, 3.63) is 43.1 Å². The van der Waals surface area contributed by atoms with Crippen LogP contribution in [-0.2, 0) is 6.54 Å². The first kappa shape index (κ1) is 8.88. The van der Waals surface area contributed by atoms with Crippen LogP contribution in [-0.4, -0.2) is 11.7 Å². The number of hydrogen-bond donors (Lipinski definition) is 0. The van der Waals surface area contributed by atoms with Crippen molar-refractivity contribution in [2.45, 2.75) is 6.54 Å². The van der Waals surface area contributed by atoms with Crippen LogP contribution in [0.25, 0.3) is 10.9 Å². The van der Waals surface area contributed by atoms with Gasteiger partial charge in [-0.1, -0.05) is 6.08 Å². The van der Waals surface area contributed by atoms with Crippen LogP contribution in [0.15, 0.2) is 43.1 Å². The quantitative estimate of drug-likeness (QED) is 0.674. The van der Waals surface area contributed by atoms with Gasteiger partial charge in [0.25, 0.3) is 0 Å². The number of allylic oxidation sites excluding steroid dienone is 1. The predicted octanol–water partition coefficient (Wildman–Crippen LogP) is 2.84. The Morgan fingerprint density at radius 1 is 1.43 bits per heavy atom. The van der Waals surface area contributed by atoms with Crippen molar-refractivity contribution in [3.63, 3.8) is 0 Å². The average molecular weight is 187 g/mol. The molecule has 0 radical (unpaired) electrons. The number of benzene rings is 1. The van der Waals surface area contributed by atoms with Crippen LogP contribution in [0.2, 0.25) is 0 Å². The zero-order chi connectivity index (χ0) is 9.97. The molecule has 0 fully saturated rings. The van der Waals surface area contributed by atoms with Crippen molar-refractivity contribution in [1.29, 1.82) is 0 Å². The molecule has 1 aromatic heterocycles. The molecule has 1 aromatic carbocycles. The Morgan fingerprint density at radius 3 is 3.00 bits per heavy atom. The summed E-state index contributed by atoms with van der Waals surface area (Å²) in [5.41, 5.74) is 1.18. The van der Waals surface area contributed by atoms with E-state index in [0.29, 0.717) is 0 Å². The fourth-order valence-corrected chi connectivity index (χ4v) is 1.59. The topological polar surface area (TPSA) is 14.2 Å². The molecule has 72 valence electrons. The van der Waals surface area contributed by atoms with Crippen LogP contribution in [0.5, 0.6) is 5.75 Å². The third kappa shape index (κ3) is 1.39. The molecule has 0 unspecified atom stereocenters. The predicted molar refractivity (Wildman–Crippen MR) is 58.7 cm³/mol. The molecule has 0 amide bonds. The fraction of sp³-hybridized carbons (Fsp3) is 0.167. The Kier molecular flexibility index (Phi) is 2.27. The molecule has 2 heteroatoms. The zero-order valence-electron chi connectivity index (χ0n) is 8.23. The summed E-state index contributed by atoms with van der Waals surface area (Å²) in [6.45, 7) is 4.56. The smallest absolute Gasteiger partial charge is 0.120 e. The third-order valence-electron chi connectivity index (χ3n) is 2.31. The number of hydrogen-bond acceptors (Lipinski definition) is 1. The summed E-state index contributed by atoms with van der Waals surface area (Å²) in [6.07, 6.45) is 3.95. The highest BCUT2D eigenvalue weighted by atomic mass is 16.5. The molecular formula is C12H13NO. The van der Waals surface area contributed by atoms with Gasteiger partial charge < -0.3 is 9.30 Å². The van der Waals surface area contributed by atoms with Gasteiger partial charge in [-0.05, 0) is 23.6 Å². The van der Waals surface area contributed by atoms with Gasteiger partial charge >= 0.3 is 0 Å². The van der Waals surface area contributed by atoms with E-state index in [2.05, 4.69) is 29.5 Å². The van der Waals surface area contributed by atoms with Crippen molar-refractivity contribution < 1.29 is 4.74 Å². The van der Waals surface area contributed by atoms with Gasteiger partial charge in [-0.25, -0.2) is 0 Å². The normalized spacial score (nSPS) is 10.4. The molecule has 0 aliphatic rings. The fourth-order valence-electron chi connectivity index (χ4n) is 1.59. The van der Waals surface area contributed by atoms with Gasteiger partial charge in [0.1, 0.15) is 5.75 Å². The molecular weight excluding hydrogens is 174 g/mol. The second-order valence-corrected chi connectivity index (χ2v) is 3.18. The Bertz CT molecular complexity index is 456. The Hall–Kier alpha value is -1.70. The number of rotatable bonds is 3. The largest absolute Gasteiger partial charge is 0.497 e. The van der Waals surface area contributed by atoms with Crippen LogP contribution in [0, 0.1) is 0 Å². The van der Waals surface area contributed by atoms with E-state index in [0.717, 1.165) is 12.3 Å². The van der Waals surface area contributed by atoms with Crippen LogP contribution < -0.4 is 4.74 Å². The van der Waals surface area contributed by atoms with E-state index in [1.54, 1.807) is 7.11 Å². The highest BCUT2D eigenvalue weighted by Crippen LogP contribution is 2.21. The maximum atomic E-state index is 5.19. The van der Waals surface area contributed by atoms with E-state index >= 15 is 0 Å². The van der Waals surface area contributed by atoms with Gasteiger partial charge in [0.15, 0.2) is 0 Å². The van der Waals surface area contributed by atoms with E-state index < -0.39 is 0 Å². The molecule has 0 saturated heterocycles. The number of fused-ring (bicyclic) bond motifs is 1. The molecule has 0 atom stereocenters. The van der Waals surface area contributed by atoms with E-state index in [-0.39, 0.29) is 0 Å². The molecule has 2 nitrogen and oxygen atoms in total. The Labute approximate surface area is 83.4 Å². The lowest BCUT2D eigenvalue weighted by atomic mass is 10.2. The number of ether oxygens (including phenoxy) is 1. The number of nitrogens with zero attached hydrogens (tertiary/aromatic N) is 1. The summed E-state index contributed by atoms with van der Waals surface area (Å²) >= 11 is 0. The second-order valence-electron chi connectivity index (χ2n) is 3.18. The Balaban J connectivity index is 2.57. The summed E-state index contributed by atoms with van der Waals surface area (Å²) in [4.78, 5) is 0. The van der Waals surface area contributed by atoms with Crippen molar-refractivity contribution in [2.75, 3.05) is 7.11 Å². The van der Waals surface area contributed by atoms with Crippen molar-refractivity contribution in [3.8, 4) is 5.75 Å². The van der Waals surface area contributed by atoms with Gasteiger partial charge in [-0.3, -0.25) is 0 Å². The monoisotopic (exact) mass is 187 g/mol. The summed E-state index contributed by atoms with van der Waals surface area (Å²) in [6, 6.07) is 8.17. The molecule has 0 aliphatic heterocycles. The number of methoxy groups -OCH3 is 1. The summed E-state index contributed by atoms with van der Waals surface area (Å²) in [7, 11) is 1.68. The minimum atomic E-state index is 0.830. The first-order chi connectivity index (χ1) is 6.85. The van der Waals surface area contributed by atoms with Gasteiger partial charge in [0.05, 0.1) is 12.6 Å². The molecule has 0 aliphatic carbocycles. The van der Waals surface area contributed by atoms with Crippen molar-refractivity contribution in [2.24, 2.45) is 0 Å². The van der Waals surface area contributed by atoms with Crippen LogP contribution in [0.3, 0.4) is 0 Å². The minimum Gasteiger partial charge on any atom is -0.497 e. The van der Waals surface area contributed by atoms with Crippen LogP contribution in [0.1, 0.15) is 0 Å². The molecule has 14 heavy (non-hydrogen) atoms. The summed E-state index contributed by atoms with van der Waals surface area (Å²) in [5, 5.41) is 1.23. The Morgan fingerprint density at radius 2 is 2.29 bits per heavy atom. The molecule has 2 aromatic rings. The first-order valence-electron chi connectivity index (χ1n) is 4.59. The van der Waals surface area contributed by atoms with Gasteiger partial charge in [0, 0.05) is 18.8 Å². The molecule has 0 saturated carbocycles. The van der Waals surface area contributed by atoms with E-state index in [1.165, 1.54) is 10.9 Å². The van der Waals surface area contributed by atoms with Crippen molar-refractivity contribution in [1.82, 2.24) is 4.57 Å². The third-order valence-corrected chi connectivity index (χ3v) is 2.31. The van der Waals surface area contributed by atoms with E-state index in [9.17, 15) is 0 Å². The molecule has 0 spiro atoms.